The van der Waals surface area contributed by atoms with Crippen molar-refractivity contribution < 1.29 is 5.11 Å². The Morgan fingerprint density at radius 1 is 1.56 bits per heavy atom. The van der Waals surface area contributed by atoms with Gasteiger partial charge in [-0.1, -0.05) is 0 Å². The van der Waals surface area contributed by atoms with Crippen molar-refractivity contribution in [3.8, 4) is 6.07 Å². The highest BCUT2D eigenvalue weighted by atomic mass is 16.3. The smallest absolute Gasteiger partial charge is 0.168 e. The molecule has 0 aliphatic heterocycles. The predicted octanol–water partition coefficient (Wildman–Crippen LogP) is 1.24. The lowest BCUT2D eigenvalue weighted by Gasteiger charge is -2.16. The molecule has 1 aromatic rings. The molecule has 2 atom stereocenters. The Kier molecular flexibility index (Phi) is 3.43. The zero-order valence-corrected chi connectivity index (χ0v) is 10.7. The molecule has 0 bridgehead atoms. The van der Waals surface area contributed by atoms with Crippen LogP contribution in [0.3, 0.4) is 0 Å². The van der Waals surface area contributed by atoms with Crippen LogP contribution in [-0.2, 0) is 0 Å². The highest BCUT2D eigenvalue weighted by Crippen LogP contribution is 2.34. The average Bonchev–Trinajstić information content (AvgIpc) is 2.82. The predicted molar refractivity (Wildman–Crippen MR) is 69.0 cm³/mol. The second kappa shape index (κ2) is 4.86. The van der Waals surface area contributed by atoms with Gasteiger partial charge in [-0.05, 0) is 33.1 Å². The summed E-state index contributed by atoms with van der Waals surface area (Å²) in [4.78, 5) is 0. The van der Waals surface area contributed by atoms with Crippen molar-refractivity contribution in [2.75, 3.05) is 11.1 Å². The van der Waals surface area contributed by atoms with Gasteiger partial charge in [0.25, 0.3) is 0 Å². The van der Waals surface area contributed by atoms with Crippen molar-refractivity contribution in [3.05, 3.63) is 5.56 Å². The topological polar surface area (TPSA) is 99.9 Å². The summed E-state index contributed by atoms with van der Waals surface area (Å²) in [5, 5.41) is 26.5. The van der Waals surface area contributed by atoms with E-state index in [9.17, 15) is 5.11 Å². The molecule has 1 aliphatic carbocycles. The molecule has 98 valence electrons. The lowest BCUT2D eigenvalue weighted by atomic mass is 10.2. The molecule has 4 N–H and O–H groups in total. The van der Waals surface area contributed by atoms with Crippen molar-refractivity contribution >= 4 is 11.6 Å². The Bertz CT molecular complexity index is 474. The number of anilines is 2. The number of rotatable bonds is 3. The highest BCUT2D eigenvalue weighted by Gasteiger charge is 2.31. The number of aromatic nitrogens is 2. The summed E-state index contributed by atoms with van der Waals surface area (Å²) in [5.74, 6) is 0.843. The molecule has 1 fully saturated rings. The van der Waals surface area contributed by atoms with Gasteiger partial charge >= 0.3 is 0 Å². The molecule has 0 radical (unpaired) electrons. The fraction of sp³-hybridized carbons (Fsp3) is 0.667. The quantitative estimate of drug-likeness (QED) is 0.748. The number of nitrogens with two attached hydrogens (primary N) is 1. The van der Waals surface area contributed by atoms with Gasteiger partial charge in [-0.15, -0.1) is 0 Å². The van der Waals surface area contributed by atoms with Crippen molar-refractivity contribution in [2.45, 2.75) is 51.3 Å². The maximum Gasteiger partial charge on any atom is 0.168 e. The van der Waals surface area contributed by atoms with Crippen LogP contribution >= 0.6 is 0 Å². The van der Waals surface area contributed by atoms with Gasteiger partial charge in [0.2, 0.25) is 0 Å². The SMILES string of the molecule is CC(C)Nc1nn(C2CCCC2O)c(N)c1C#N. The minimum atomic E-state index is -0.425. The van der Waals surface area contributed by atoms with Gasteiger partial charge in [-0.3, -0.25) is 0 Å². The van der Waals surface area contributed by atoms with Crippen LogP contribution in [0.5, 0.6) is 0 Å². The monoisotopic (exact) mass is 249 g/mol. The van der Waals surface area contributed by atoms with Crippen molar-refractivity contribution in [3.63, 3.8) is 0 Å². The Labute approximate surface area is 106 Å². The maximum atomic E-state index is 9.90. The number of nitrogens with one attached hydrogen (secondary N) is 1. The third-order valence-corrected chi connectivity index (χ3v) is 3.24. The Hall–Kier alpha value is -1.74. The van der Waals surface area contributed by atoms with Gasteiger partial charge in [-0.25, -0.2) is 4.68 Å². The third kappa shape index (κ3) is 2.14. The van der Waals surface area contributed by atoms with Crippen LogP contribution in [0.15, 0.2) is 0 Å². The van der Waals surface area contributed by atoms with E-state index >= 15 is 0 Å². The molecule has 0 saturated heterocycles. The molecule has 0 spiro atoms. The fourth-order valence-corrected chi connectivity index (χ4v) is 2.39. The zero-order valence-electron chi connectivity index (χ0n) is 10.7. The fourth-order valence-electron chi connectivity index (χ4n) is 2.39. The van der Waals surface area contributed by atoms with E-state index in [1.807, 2.05) is 13.8 Å². The minimum absolute atomic E-state index is 0.111. The van der Waals surface area contributed by atoms with Crippen LogP contribution in [0.2, 0.25) is 0 Å². The lowest BCUT2D eigenvalue weighted by molar-refractivity contribution is 0.131. The Balaban J connectivity index is 2.37. The van der Waals surface area contributed by atoms with Crippen LogP contribution in [0, 0.1) is 11.3 Å². The molecule has 0 amide bonds. The van der Waals surface area contributed by atoms with Gasteiger partial charge in [0.05, 0.1) is 12.1 Å². The molecule has 6 nitrogen and oxygen atoms in total. The lowest BCUT2D eigenvalue weighted by Crippen LogP contribution is -2.21. The van der Waals surface area contributed by atoms with Gasteiger partial charge < -0.3 is 16.2 Å². The molecule has 1 saturated carbocycles. The molecular weight excluding hydrogens is 230 g/mol. The normalized spacial score (nSPS) is 23.3. The van der Waals surface area contributed by atoms with Crippen molar-refractivity contribution in [2.24, 2.45) is 0 Å². The number of nitrogen functional groups attached to an aromatic ring is 1. The standard InChI is InChI=1S/C12H19N5O/c1-7(2)15-12-8(6-13)11(14)17(16-12)9-4-3-5-10(9)18/h7,9-10,18H,3-5,14H2,1-2H3,(H,15,16). The summed E-state index contributed by atoms with van der Waals surface area (Å²) >= 11 is 0. The van der Waals surface area contributed by atoms with Crippen molar-refractivity contribution in [1.29, 1.82) is 5.26 Å². The van der Waals surface area contributed by atoms with Crippen LogP contribution in [0.25, 0.3) is 0 Å². The van der Waals surface area contributed by atoms with E-state index in [1.165, 1.54) is 0 Å². The van der Waals surface area contributed by atoms with E-state index in [0.29, 0.717) is 17.2 Å². The Morgan fingerprint density at radius 3 is 2.78 bits per heavy atom. The first kappa shape index (κ1) is 12.7. The average molecular weight is 249 g/mol. The molecule has 1 aromatic heterocycles. The summed E-state index contributed by atoms with van der Waals surface area (Å²) in [6.07, 6.45) is 2.14. The third-order valence-electron chi connectivity index (χ3n) is 3.24. The molecular formula is C12H19N5O. The zero-order chi connectivity index (χ0) is 13.3. The summed E-state index contributed by atoms with van der Waals surface area (Å²) in [6, 6.07) is 2.14. The highest BCUT2D eigenvalue weighted by molar-refractivity contribution is 5.64. The summed E-state index contributed by atoms with van der Waals surface area (Å²) in [7, 11) is 0. The van der Waals surface area contributed by atoms with Gasteiger partial charge in [0, 0.05) is 6.04 Å². The molecule has 18 heavy (non-hydrogen) atoms. The first-order valence-electron chi connectivity index (χ1n) is 6.27. The van der Waals surface area contributed by atoms with Crippen LogP contribution in [0.4, 0.5) is 11.6 Å². The summed E-state index contributed by atoms with van der Waals surface area (Å²) in [5.41, 5.74) is 6.32. The van der Waals surface area contributed by atoms with Crippen LogP contribution < -0.4 is 11.1 Å². The van der Waals surface area contributed by atoms with E-state index in [1.54, 1.807) is 4.68 Å². The molecule has 2 rings (SSSR count). The van der Waals surface area contributed by atoms with E-state index < -0.39 is 6.10 Å². The second-order valence-corrected chi connectivity index (χ2v) is 5.03. The molecule has 6 heteroatoms. The van der Waals surface area contributed by atoms with Crippen LogP contribution in [-0.4, -0.2) is 27.0 Å². The number of hydrogen-bond acceptors (Lipinski definition) is 5. The number of nitrogens with zero attached hydrogens (tertiary/aromatic N) is 3. The maximum absolute atomic E-state index is 9.90. The largest absolute Gasteiger partial charge is 0.391 e. The van der Waals surface area contributed by atoms with Crippen molar-refractivity contribution in [1.82, 2.24) is 9.78 Å². The van der Waals surface area contributed by atoms with Gasteiger partial charge in [0.1, 0.15) is 17.5 Å². The van der Waals surface area contributed by atoms with Crippen LogP contribution in [0.1, 0.15) is 44.7 Å². The van der Waals surface area contributed by atoms with E-state index in [0.717, 1.165) is 19.3 Å². The van der Waals surface area contributed by atoms with Gasteiger partial charge in [0.15, 0.2) is 5.82 Å². The first-order valence-corrected chi connectivity index (χ1v) is 6.27. The summed E-state index contributed by atoms with van der Waals surface area (Å²) < 4.78 is 1.60. The van der Waals surface area contributed by atoms with Gasteiger partial charge in [-0.2, -0.15) is 10.4 Å². The Morgan fingerprint density at radius 2 is 2.28 bits per heavy atom. The number of nitriles is 1. The number of hydrogen-bond donors (Lipinski definition) is 3. The summed E-state index contributed by atoms with van der Waals surface area (Å²) in [6.45, 7) is 3.95. The number of aliphatic hydroxyl groups excluding tert-OH is 1. The molecule has 0 aromatic carbocycles. The number of aliphatic hydroxyl groups is 1. The van der Waals surface area contributed by atoms with E-state index in [4.69, 9.17) is 11.0 Å². The van der Waals surface area contributed by atoms with E-state index in [2.05, 4.69) is 16.5 Å². The second-order valence-electron chi connectivity index (χ2n) is 5.03. The first-order chi connectivity index (χ1) is 8.54. The minimum Gasteiger partial charge on any atom is -0.391 e. The molecule has 1 heterocycles. The van der Waals surface area contributed by atoms with E-state index in [-0.39, 0.29) is 12.1 Å². The molecule has 1 aliphatic rings. The molecule has 2 unspecified atom stereocenters.